The molecule has 0 aliphatic carbocycles. The van der Waals surface area contributed by atoms with Crippen molar-refractivity contribution in [3.8, 4) is 0 Å². The smallest absolute Gasteiger partial charge is 0.0871 e. The second-order valence-corrected chi connectivity index (χ2v) is 6.13. The van der Waals surface area contributed by atoms with Gasteiger partial charge in [-0.3, -0.25) is 0 Å². The van der Waals surface area contributed by atoms with Gasteiger partial charge < -0.3 is 10.8 Å². The second-order valence-electron chi connectivity index (χ2n) is 4.36. The Hall–Kier alpha value is -0.680. The van der Waals surface area contributed by atoms with E-state index in [1.165, 1.54) is 0 Å². The Morgan fingerprint density at radius 2 is 1.63 bits per heavy atom. The van der Waals surface area contributed by atoms with Crippen molar-refractivity contribution in [1.82, 2.24) is 0 Å². The van der Waals surface area contributed by atoms with Gasteiger partial charge in [0.2, 0.25) is 0 Å². The van der Waals surface area contributed by atoms with Gasteiger partial charge in [-0.1, -0.05) is 62.2 Å². The topological polar surface area (TPSA) is 46.2 Å². The normalized spacial score (nSPS) is 14.1. The minimum Gasteiger partial charge on any atom is -0.388 e. The molecule has 3 N–H and O–H groups in total. The Balaban J connectivity index is 2.32. The van der Waals surface area contributed by atoms with E-state index in [0.717, 1.165) is 20.1 Å². The van der Waals surface area contributed by atoms with Gasteiger partial charge in [0.05, 0.1) is 6.10 Å². The van der Waals surface area contributed by atoms with Crippen LogP contribution in [0.3, 0.4) is 0 Å². The number of benzene rings is 2. The summed E-state index contributed by atoms with van der Waals surface area (Å²) in [6.45, 7) is 0.389. The number of aliphatic hydroxyl groups is 1. The lowest BCUT2D eigenvalue weighted by Gasteiger charge is -2.23. The minimum absolute atomic E-state index is 0.128. The van der Waals surface area contributed by atoms with Crippen LogP contribution in [0.5, 0.6) is 0 Å². The van der Waals surface area contributed by atoms with Crippen LogP contribution in [0.1, 0.15) is 23.1 Å². The van der Waals surface area contributed by atoms with Crippen LogP contribution >= 0.6 is 31.9 Å². The molecule has 4 heteroatoms. The summed E-state index contributed by atoms with van der Waals surface area (Å²) in [4.78, 5) is 0. The van der Waals surface area contributed by atoms with Crippen molar-refractivity contribution < 1.29 is 5.11 Å². The van der Waals surface area contributed by atoms with Gasteiger partial charge in [-0.05, 0) is 29.3 Å². The van der Waals surface area contributed by atoms with Crippen LogP contribution in [0.2, 0.25) is 0 Å². The van der Waals surface area contributed by atoms with Crippen molar-refractivity contribution in [3.05, 3.63) is 68.6 Å². The highest BCUT2D eigenvalue weighted by Crippen LogP contribution is 2.34. The summed E-state index contributed by atoms with van der Waals surface area (Å²) >= 11 is 6.91. The molecule has 0 amide bonds. The average molecular weight is 385 g/mol. The van der Waals surface area contributed by atoms with Gasteiger partial charge in [0.1, 0.15) is 0 Å². The molecule has 0 saturated carbocycles. The fraction of sp³-hybridized carbons (Fsp3) is 0.200. The third-order valence-corrected chi connectivity index (χ3v) is 4.40. The summed E-state index contributed by atoms with van der Waals surface area (Å²) < 4.78 is 1.97. The zero-order valence-electron chi connectivity index (χ0n) is 10.3. The first kappa shape index (κ1) is 14.7. The van der Waals surface area contributed by atoms with Crippen molar-refractivity contribution in [2.24, 2.45) is 5.73 Å². The molecule has 0 fully saturated rings. The molecule has 0 saturated heterocycles. The van der Waals surface area contributed by atoms with E-state index in [-0.39, 0.29) is 5.92 Å². The van der Waals surface area contributed by atoms with Crippen LogP contribution in [0.25, 0.3) is 0 Å². The largest absolute Gasteiger partial charge is 0.388 e. The van der Waals surface area contributed by atoms with Gasteiger partial charge in [-0.25, -0.2) is 0 Å². The molecule has 2 nitrogen and oxygen atoms in total. The van der Waals surface area contributed by atoms with Crippen LogP contribution in [0, 0.1) is 0 Å². The molecule has 2 aromatic rings. The SMILES string of the molecule is NCC(c1ccccc1Br)C(O)c1ccc(Br)cc1. The molecule has 2 aromatic carbocycles. The van der Waals surface area contributed by atoms with E-state index < -0.39 is 6.10 Å². The van der Waals surface area contributed by atoms with Gasteiger partial charge >= 0.3 is 0 Å². The summed E-state index contributed by atoms with van der Waals surface area (Å²) in [7, 11) is 0. The number of hydrogen-bond acceptors (Lipinski definition) is 2. The third kappa shape index (κ3) is 3.45. The van der Waals surface area contributed by atoms with Crippen LogP contribution < -0.4 is 5.73 Å². The molecule has 0 aliphatic rings. The number of hydrogen-bond donors (Lipinski definition) is 2. The Morgan fingerprint density at radius 1 is 1.00 bits per heavy atom. The molecule has 0 aliphatic heterocycles. The standard InChI is InChI=1S/C15H15Br2NO/c16-11-7-5-10(6-8-11)15(19)13(9-18)12-3-1-2-4-14(12)17/h1-8,13,15,19H,9,18H2. The van der Waals surface area contributed by atoms with Gasteiger partial charge in [0.15, 0.2) is 0 Å². The van der Waals surface area contributed by atoms with Gasteiger partial charge in [-0.15, -0.1) is 0 Å². The first-order valence-electron chi connectivity index (χ1n) is 6.01. The molecular formula is C15H15Br2NO. The molecule has 0 aromatic heterocycles. The molecule has 0 heterocycles. The number of halogens is 2. The maximum absolute atomic E-state index is 10.5. The maximum atomic E-state index is 10.5. The molecule has 0 spiro atoms. The van der Waals surface area contributed by atoms with E-state index in [1.54, 1.807) is 0 Å². The number of aliphatic hydroxyl groups excluding tert-OH is 1. The quantitative estimate of drug-likeness (QED) is 0.837. The fourth-order valence-electron chi connectivity index (χ4n) is 2.09. The molecule has 2 rings (SSSR count). The molecule has 2 atom stereocenters. The first-order valence-corrected chi connectivity index (χ1v) is 7.60. The second kappa shape index (κ2) is 6.66. The molecule has 100 valence electrons. The van der Waals surface area contributed by atoms with Crippen LogP contribution in [-0.4, -0.2) is 11.7 Å². The van der Waals surface area contributed by atoms with E-state index >= 15 is 0 Å². The Kier molecular flexibility index (Phi) is 5.16. The molecule has 0 bridgehead atoms. The first-order chi connectivity index (χ1) is 9.13. The van der Waals surface area contributed by atoms with E-state index in [4.69, 9.17) is 5.73 Å². The highest BCUT2D eigenvalue weighted by Gasteiger charge is 2.23. The molecular weight excluding hydrogens is 370 g/mol. The van der Waals surface area contributed by atoms with Crippen LogP contribution in [-0.2, 0) is 0 Å². The highest BCUT2D eigenvalue weighted by molar-refractivity contribution is 9.10. The Bertz CT molecular complexity index is 542. The number of nitrogens with two attached hydrogens (primary N) is 1. The van der Waals surface area contributed by atoms with Crippen LogP contribution in [0.15, 0.2) is 57.5 Å². The highest BCUT2D eigenvalue weighted by atomic mass is 79.9. The summed E-state index contributed by atoms with van der Waals surface area (Å²) in [5, 5.41) is 10.5. The number of rotatable bonds is 4. The van der Waals surface area contributed by atoms with Crippen molar-refractivity contribution in [2.75, 3.05) is 6.54 Å². The van der Waals surface area contributed by atoms with E-state index in [1.807, 2.05) is 48.5 Å². The van der Waals surface area contributed by atoms with Gasteiger partial charge in [0, 0.05) is 21.4 Å². The monoisotopic (exact) mass is 383 g/mol. The third-order valence-electron chi connectivity index (χ3n) is 3.15. The van der Waals surface area contributed by atoms with Gasteiger partial charge in [0.25, 0.3) is 0 Å². The molecule has 2 unspecified atom stereocenters. The summed E-state index contributed by atoms with van der Waals surface area (Å²) in [5.41, 5.74) is 7.75. The Morgan fingerprint density at radius 3 is 2.21 bits per heavy atom. The van der Waals surface area contributed by atoms with Crippen molar-refractivity contribution in [2.45, 2.75) is 12.0 Å². The lowest BCUT2D eigenvalue weighted by atomic mass is 9.89. The summed E-state index contributed by atoms with van der Waals surface area (Å²) in [6, 6.07) is 15.5. The van der Waals surface area contributed by atoms with Crippen molar-refractivity contribution in [3.63, 3.8) is 0 Å². The van der Waals surface area contributed by atoms with E-state index in [9.17, 15) is 5.11 Å². The minimum atomic E-state index is -0.614. The zero-order chi connectivity index (χ0) is 13.8. The lowest BCUT2D eigenvalue weighted by Crippen LogP contribution is -2.20. The van der Waals surface area contributed by atoms with Crippen molar-refractivity contribution in [1.29, 1.82) is 0 Å². The van der Waals surface area contributed by atoms with E-state index in [0.29, 0.717) is 6.54 Å². The van der Waals surface area contributed by atoms with Gasteiger partial charge in [-0.2, -0.15) is 0 Å². The Labute approximate surface area is 129 Å². The molecule has 0 radical (unpaired) electrons. The predicted molar refractivity (Wildman–Crippen MR) is 85.0 cm³/mol. The van der Waals surface area contributed by atoms with Crippen LogP contribution in [0.4, 0.5) is 0 Å². The lowest BCUT2D eigenvalue weighted by molar-refractivity contribution is 0.147. The predicted octanol–water partition coefficient (Wildman–Crippen LogP) is 3.99. The summed E-state index contributed by atoms with van der Waals surface area (Å²) in [5.74, 6) is -0.128. The molecule has 19 heavy (non-hydrogen) atoms. The summed E-state index contributed by atoms with van der Waals surface area (Å²) in [6.07, 6.45) is -0.614. The average Bonchev–Trinajstić information content (AvgIpc) is 2.42. The van der Waals surface area contributed by atoms with E-state index in [2.05, 4.69) is 31.9 Å². The maximum Gasteiger partial charge on any atom is 0.0871 e. The zero-order valence-corrected chi connectivity index (χ0v) is 13.4. The fourth-order valence-corrected chi connectivity index (χ4v) is 2.94. The van der Waals surface area contributed by atoms with Crippen molar-refractivity contribution >= 4 is 31.9 Å².